The van der Waals surface area contributed by atoms with Crippen LogP contribution >= 0.6 is 37.2 Å². The molecule has 2 rings (SSSR count). The number of piperidine rings is 1. The van der Waals surface area contributed by atoms with Gasteiger partial charge < -0.3 is 10.2 Å². The number of hydrogen-bond donors (Lipinski definition) is 1. The molecule has 0 saturated carbocycles. The van der Waals surface area contributed by atoms with E-state index < -0.39 is 0 Å². The predicted octanol–water partition coefficient (Wildman–Crippen LogP) is 2.03. The molecule has 2 aliphatic rings. The van der Waals surface area contributed by atoms with E-state index in [1.165, 1.54) is 45.6 Å². The molecule has 0 aromatic rings. The first-order chi connectivity index (χ1) is 7.07. The van der Waals surface area contributed by atoms with Crippen molar-refractivity contribution in [3.05, 3.63) is 0 Å². The first kappa shape index (κ1) is 21.1. The molecule has 0 amide bonds. The number of hydrogen-bond acceptors (Lipinski definition) is 3. The Labute approximate surface area is 130 Å². The highest BCUT2D eigenvalue weighted by Gasteiger charge is 2.31. The standard InChI is InChI=1S/C12H25N3.3ClH/c1-12(2)10-11(4-5-13-12)15-8-6-14(3)7-9-15;;;/h11,13H,4-10H2,1-3H3;3*1H. The topological polar surface area (TPSA) is 18.5 Å². The summed E-state index contributed by atoms with van der Waals surface area (Å²) >= 11 is 0. The average molecular weight is 321 g/mol. The molecule has 2 aliphatic heterocycles. The van der Waals surface area contributed by atoms with Crippen LogP contribution in [-0.2, 0) is 0 Å². The van der Waals surface area contributed by atoms with Gasteiger partial charge >= 0.3 is 0 Å². The average Bonchev–Trinajstić information content (AvgIpc) is 2.17. The van der Waals surface area contributed by atoms with Crippen molar-refractivity contribution in [2.45, 2.75) is 38.3 Å². The van der Waals surface area contributed by atoms with Crippen molar-refractivity contribution >= 4 is 37.2 Å². The Morgan fingerprint density at radius 1 is 1.00 bits per heavy atom. The molecular formula is C12H28Cl3N3. The van der Waals surface area contributed by atoms with Crippen molar-refractivity contribution in [1.29, 1.82) is 0 Å². The molecule has 1 N–H and O–H groups in total. The van der Waals surface area contributed by atoms with E-state index in [2.05, 4.69) is 36.0 Å². The third kappa shape index (κ3) is 5.81. The maximum Gasteiger partial charge on any atom is 0.0140 e. The molecule has 1 unspecified atom stereocenters. The molecule has 0 aromatic carbocycles. The van der Waals surface area contributed by atoms with E-state index in [1.54, 1.807) is 0 Å². The fraction of sp³-hybridized carbons (Fsp3) is 1.00. The van der Waals surface area contributed by atoms with Crippen LogP contribution in [0.1, 0.15) is 26.7 Å². The van der Waals surface area contributed by atoms with Gasteiger partial charge in [0.15, 0.2) is 0 Å². The van der Waals surface area contributed by atoms with E-state index >= 15 is 0 Å². The van der Waals surface area contributed by atoms with E-state index in [0.29, 0.717) is 5.54 Å². The molecule has 0 radical (unpaired) electrons. The Bertz CT molecular complexity index is 219. The summed E-state index contributed by atoms with van der Waals surface area (Å²) in [5, 5.41) is 3.60. The van der Waals surface area contributed by atoms with Crippen molar-refractivity contribution in [1.82, 2.24) is 15.1 Å². The van der Waals surface area contributed by atoms with Crippen LogP contribution in [0, 0.1) is 0 Å². The van der Waals surface area contributed by atoms with Gasteiger partial charge in [-0.3, -0.25) is 4.90 Å². The Morgan fingerprint density at radius 2 is 1.56 bits per heavy atom. The first-order valence-corrected chi connectivity index (χ1v) is 6.24. The summed E-state index contributed by atoms with van der Waals surface area (Å²) in [5.74, 6) is 0. The molecule has 2 heterocycles. The summed E-state index contributed by atoms with van der Waals surface area (Å²) in [7, 11) is 2.23. The molecule has 0 aromatic heterocycles. The minimum atomic E-state index is 0. The van der Waals surface area contributed by atoms with E-state index in [1.807, 2.05) is 0 Å². The molecule has 0 bridgehead atoms. The summed E-state index contributed by atoms with van der Waals surface area (Å²) in [6, 6.07) is 0.815. The molecule has 2 fully saturated rings. The second-order valence-corrected chi connectivity index (χ2v) is 5.80. The van der Waals surface area contributed by atoms with E-state index in [0.717, 1.165) is 6.04 Å². The van der Waals surface area contributed by atoms with Crippen LogP contribution in [0.5, 0.6) is 0 Å². The lowest BCUT2D eigenvalue weighted by Gasteiger charge is -2.44. The lowest BCUT2D eigenvalue weighted by molar-refractivity contribution is 0.0719. The molecule has 0 spiro atoms. The first-order valence-electron chi connectivity index (χ1n) is 6.24. The molecule has 2 saturated heterocycles. The summed E-state index contributed by atoms with van der Waals surface area (Å²) in [6.45, 7) is 10.8. The van der Waals surface area contributed by atoms with Crippen molar-refractivity contribution in [3.63, 3.8) is 0 Å². The molecule has 3 nitrogen and oxygen atoms in total. The van der Waals surface area contributed by atoms with Gasteiger partial charge in [-0.1, -0.05) is 0 Å². The Balaban J connectivity index is 0. The Kier molecular flexibility index (Phi) is 10.3. The van der Waals surface area contributed by atoms with Crippen LogP contribution in [-0.4, -0.2) is 61.2 Å². The van der Waals surface area contributed by atoms with Crippen molar-refractivity contribution < 1.29 is 0 Å². The maximum absolute atomic E-state index is 3.60. The van der Waals surface area contributed by atoms with Crippen LogP contribution in [0.4, 0.5) is 0 Å². The largest absolute Gasteiger partial charge is 0.312 e. The van der Waals surface area contributed by atoms with E-state index in [9.17, 15) is 0 Å². The number of nitrogens with one attached hydrogen (secondary N) is 1. The predicted molar refractivity (Wildman–Crippen MR) is 85.9 cm³/mol. The molecule has 0 aliphatic carbocycles. The van der Waals surface area contributed by atoms with Gasteiger partial charge in [-0.15, -0.1) is 37.2 Å². The van der Waals surface area contributed by atoms with Crippen LogP contribution in [0.15, 0.2) is 0 Å². The summed E-state index contributed by atoms with van der Waals surface area (Å²) in [6.07, 6.45) is 2.63. The summed E-state index contributed by atoms with van der Waals surface area (Å²) < 4.78 is 0. The second-order valence-electron chi connectivity index (χ2n) is 5.80. The van der Waals surface area contributed by atoms with Gasteiger partial charge in [0.05, 0.1) is 0 Å². The van der Waals surface area contributed by atoms with Gasteiger partial charge in [0, 0.05) is 37.8 Å². The number of rotatable bonds is 1. The van der Waals surface area contributed by atoms with Crippen molar-refractivity contribution in [2.24, 2.45) is 0 Å². The molecule has 6 heteroatoms. The van der Waals surface area contributed by atoms with Crippen LogP contribution in [0.3, 0.4) is 0 Å². The zero-order valence-electron chi connectivity index (χ0n) is 11.6. The molecule has 112 valence electrons. The Morgan fingerprint density at radius 3 is 2.06 bits per heavy atom. The SMILES string of the molecule is CN1CCN(C2CCNC(C)(C)C2)CC1.Cl.Cl.Cl. The number of likely N-dealkylation sites (N-methyl/N-ethyl adjacent to an activating group) is 1. The molecule has 1 atom stereocenters. The monoisotopic (exact) mass is 319 g/mol. The smallest absolute Gasteiger partial charge is 0.0140 e. The third-order valence-corrected chi connectivity index (χ3v) is 3.88. The summed E-state index contributed by atoms with van der Waals surface area (Å²) in [4.78, 5) is 5.13. The highest BCUT2D eigenvalue weighted by Crippen LogP contribution is 2.23. The quantitative estimate of drug-likeness (QED) is 0.797. The van der Waals surface area contributed by atoms with Crippen LogP contribution < -0.4 is 5.32 Å². The minimum absolute atomic E-state index is 0. The minimum Gasteiger partial charge on any atom is -0.312 e. The highest BCUT2D eigenvalue weighted by molar-refractivity contribution is 5.86. The van der Waals surface area contributed by atoms with Crippen molar-refractivity contribution in [3.8, 4) is 0 Å². The van der Waals surface area contributed by atoms with Gasteiger partial charge in [0.1, 0.15) is 0 Å². The Hall–Kier alpha value is 0.750. The van der Waals surface area contributed by atoms with Crippen LogP contribution in [0.25, 0.3) is 0 Å². The number of nitrogens with zero attached hydrogens (tertiary/aromatic N) is 2. The lowest BCUT2D eigenvalue weighted by Crippen LogP contribution is -2.56. The van der Waals surface area contributed by atoms with Gasteiger partial charge in [-0.05, 0) is 40.3 Å². The lowest BCUT2D eigenvalue weighted by atomic mass is 9.88. The highest BCUT2D eigenvalue weighted by atomic mass is 35.5. The van der Waals surface area contributed by atoms with E-state index in [4.69, 9.17) is 0 Å². The summed E-state index contributed by atoms with van der Waals surface area (Å²) in [5.41, 5.74) is 0.340. The molecule has 18 heavy (non-hydrogen) atoms. The third-order valence-electron chi connectivity index (χ3n) is 3.88. The van der Waals surface area contributed by atoms with Crippen LogP contribution in [0.2, 0.25) is 0 Å². The van der Waals surface area contributed by atoms with Gasteiger partial charge in [0.25, 0.3) is 0 Å². The maximum atomic E-state index is 3.60. The molecular weight excluding hydrogens is 293 g/mol. The fourth-order valence-corrected chi connectivity index (χ4v) is 2.84. The van der Waals surface area contributed by atoms with Crippen molar-refractivity contribution in [2.75, 3.05) is 39.8 Å². The zero-order chi connectivity index (χ0) is 10.9. The number of piperazine rings is 1. The number of halogens is 3. The van der Waals surface area contributed by atoms with Gasteiger partial charge in [-0.2, -0.15) is 0 Å². The van der Waals surface area contributed by atoms with E-state index in [-0.39, 0.29) is 37.2 Å². The normalized spacial score (nSPS) is 28.5. The van der Waals surface area contributed by atoms with Gasteiger partial charge in [-0.25, -0.2) is 0 Å². The second kappa shape index (κ2) is 8.83. The zero-order valence-corrected chi connectivity index (χ0v) is 14.1. The fourth-order valence-electron chi connectivity index (χ4n) is 2.84. The van der Waals surface area contributed by atoms with Gasteiger partial charge in [0.2, 0.25) is 0 Å².